The number of aliphatic hydroxyl groups is 7. The van der Waals surface area contributed by atoms with Crippen molar-refractivity contribution in [1.82, 2.24) is 5.32 Å². The zero-order chi connectivity index (χ0) is 29.0. The Balaban J connectivity index is 1.84. The van der Waals surface area contributed by atoms with Gasteiger partial charge in [0.1, 0.15) is 61.0 Å². The molecule has 3 fully saturated rings. The van der Waals surface area contributed by atoms with E-state index in [4.69, 9.17) is 36.1 Å². The van der Waals surface area contributed by atoms with Crippen molar-refractivity contribution < 1.29 is 59.5 Å². The van der Waals surface area contributed by atoms with Gasteiger partial charge in [0.05, 0.1) is 25.2 Å². The number of amides is 1. The zero-order valence-corrected chi connectivity index (χ0v) is 21.3. The topological polar surface area (TPSA) is 298 Å². The molecule has 3 aliphatic rings. The maximum atomic E-state index is 12.4. The van der Waals surface area contributed by atoms with E-state index in [0.29, 0.717) is 0 Å². The Morgan fingerprint density at radius 1 is 0.974 bits per heavy atom. The van der Waals surface area contributed by atoms with Gasteiger partial charge in [-0.15, -0.1) is 0 Å². The first-order valence-corrected chi connectivity index (χ1v) is 12.7. The second kappa shape index (κ2) is 14.0. The molecule has 1 saturated carbocycles. The Labute approximate surface area is 224 Å². The maximum absolute atomic E-state index is 12.4. The third-order valence-corrected chi connectivity index (χ3v) is 7.23. The van der Waals surface area contributed by atoms with Crippen molar-refractivity contribution >= 4 is 12.6 Å². The summed E-state index contributed by atoms with van der Waals surface area (Å²) in [5, 5.41) is 74.4. The lowest BCUT2D eigenvalue weighted by atomic mass is 9.83. The van der Waals surface area contributed by atoms with E-state index in [1.165, 1.54) is 0 Å². The molecule has 39 heavy (non-hydrogen) atoms. The molecule has 2 heterocycles. The Bertz CT molecular complexity index is 813. The lowest BCUT2D eigenvalue weighted by Gasteiger charge is -2.47. The monoisotopic (exact) mass is 567 g/mol. The highest BCUT2D eigenvalue weighted by Gasteiger charge is 2.53. The average molecular weight is 568 g/mol. The van der Waals surface area contributed by atoms with Gasteiger partial charge in [-0.2, -0.15) is 0 Å². The minimum atomic E-state index is -1.56. The van der Waals surface area contributed by atoms with Gasteiger partial charge in [0.15, 0.2) is 12.6 Å². The van der Waals surface area contributed by atoms with E-state index in [9.17, 15) is 40.5 Å². The minimum Gasteiger partial charge on any atom is -0.394 e. The highest BCUT2D eigenvalue weighted by Crippen LogP contribution is 2.32. The van der Waals surface area contributed by atoms with E-state index in [2.05, 4.69) is 17.0 Å². The highest BCUT2D eigenvalue weighted by atomic mass is 16.7. The molecule has 1 amide bonds. The number of carbonyl (C=O) groups excluding carboxylic acids is 1. The summed E-state index contributed by atoms with van der Waals surface area (Å²) in [5.74, 6) is -0.806. The number of aliphatic hydroxyl groups excluding tert-OH is 7. The van der Waals surface area contributed by atoms with Crippen molar-refractivity contribution in [3.8, 4) is 0 Å². The summed E-state index contributed by atoms with van der Waals surface area (Å²) >= 11 is 0. The Hall–Kier alpha value is -1.42. The fraction of sp³-hybridized carbons (Fsp3) is 0.909. The van der Waals surface area contributed by atoms with Crippen LogP contribution in [0.15, 0.2) is 4.99 Å². The maximum Gasteiger partial charge on any atom is 0.249 e. The molecule has 3 rings (SSSR count). The van der Waals surface area contributed by atoms with Crippen LogP contribution in [0, 0.1) is 0 Å². The van der Waals surface area contributed by atoms with E-state index in [-0.39, 0.29) is 25.9 Å². The van der Waals surface area contributed by atoms with E-state index in [1.807, 2.05) is 0 Å². The summed E-state index contributed by atoms with van der Waals surface area (Å²) in [5.41, 5.74) is 17.7. The Morgan fingerprint density at radius 3 is 2.21 bits per heavy atom. The van der Waals surface area contributed by atoms with Gasteiger partial charge in [-0.05, 0) is 26.1 Å². The number of nitrogens with zero attached hydrogens (tertiary/aromatic N) is 1. The van der Waals surface area contributed by atoms with Crippen molar-refractivity contribution in [2.45, 2.75) is 105 Å². The fourth-order valence-corrected chi connectivity index (χ4v) is 4.92. The van der Waals surface area contributed by atoms with E-state index >= 15 is 0 Å². The summed E-state index contributed by atoms with van der Waals surface area (Å²) < 4.78 is 22.9. The van der Waals surface area contributed by atoms with Gasteiger partial charge in [-0.25, -0.2) is 0 Å². The molecule has 0 bridgehead atoms. The van der Waals surface area contributed by atoms with Crippen LogP contribution < -0.4 is 22.5 Å². The van der Waals surface area contributed by atoms with Crippen LogP contribution in [0.3, 0.4) is 0 Å². The second-order valence-corrected chi connectivity index (χ2v) is 10.0. The molecule has 0 spiro atoms. The number of hydrogen-bond donors (Lipinski definition) is 11. The van der Waals surface area contributed by atoms with Crippen molar-refractivity contribution in [2.24, 2.45) is 22.2 Å². The van der Waals surface area contributed by atoms with Crippen molar-refractivity contribution in [2.75, 3.05) is 19.7 Å². The van der Waals surface area contributed by atoms with E-state index in [1.54, 1.807) is 0 Å². The molecule has 0 aromatic heterocycles. The Kier molecular flexibility index (Phi) is 11.5. The van der Waals surface area contributed by atoms with Gasteiger partial charge in [0, 0.05) is 6.04 Å². The van der Waals surface area contributed by atoms with Crippen LogP contribution in [0.25, 0.3) is 0 Å². The number of ether oxygens (including phenoxy) is 4. The molecule has 0 aromatic carbocycles. The summed E-state index contributed by atoms with van der Waals surface area (Å²) in [6.07, 6.45) is -16.9. The summed E-state index contributed by atoms with van der Waals surface area (Å²) in [7, 11) is 0. The molecule has 5 unspecified atom stereocenters. The molecule has 14 N–H and O–H groups in total. The highest BCUT2D eigenvalue weighted by molar-refractivity contribution is 5.80. The minimum absolute atomic E-state index is 0.0256. The molecule has 0 radical (unpaired) electrons. The van der Waals surface area contributed by atoms with Crippen LogP contribution in [0.5, 0.6) is 0 Å². The zero-order valence-electron chi connectivity index (χ0n) is 21.3. The largest absolute Gasteiger partial charge is 0.394 e. The fourth-order valence-electron chi connectivity index (χ4n) is 4.92. The number of carbonyl (C=O) groups is 1. The van der Waals surface area contributed by atoms with Gasteiger partial charge in [0.2, 0.25) is 5.91 Å². The van der Waals surface area contributed by atoms with Gasteiger partial charge in [-0.1, -0.05) is 0 Å². The molecule has 226 valence electrons. The van der Waals surface area contributed by atoms with Crippen LogP contribution in [-0.2, 0) is 23.7 Å². The van der Waals surface area contributed by atoms with Crippen LogP contribution in [0.1, 0.15) is 12.8 Å². The van der Waals surface area contributed by atoms with E-state index < -0.39 is 104 Å². The number of rotatable bonds is 11. The summed E-state index contributed by atoms with van der Waals surface area (Å²) in [4.78, 5) is 16.1. The van der Waals surface area contributed by atoms with Gasteiger partial charge in [0.25, 0.3) is 0 Å². The molecule has 15 atom stereocenters. The average Bonchev–Trinajstić information content (AvgIpc) is 3.16. The van der Waals surface area contributed by atoms with Crippen molar-refractivity contribution in [3.63, 3.8) is 0 Å². The molecular weight excluding hydrogens is 526 g/mol. The quantitative estimate of drug-likeness (QED) is 0.103. The summed E-state index contributed by atoms with van der Waals surface area (Å²) in [6.45, 7) is 2.65. The van der Waals surface area contributed by atoms with Crippen molar-refractivity contribution in [3.05, 3.63) is 0 Å². The smallest absolute Gasteiger partial charge is 0.249 e. The van der Waals surface area contributed by atoms with Crippen molar-refractivity contribution in [1.29, 1.82) is 0 Å². The third kappa shape index (κ3) is 7.08. The SMILES string of the molecule is C=NC[C@H]1O[C@@H](OC2[C@H](O[C@H]3OC(CO)[C@@H](O)[C@H](O)C3N)C(N)C[C@@H](NC(=O)[C@@H](O)CCN)[C@H]2O)[C@@H](O)C1O. The standard InChI is InChI=1S/C22H41N5O12/c1-26-5-10-14(31)17(34)22(36-10)39-19-13(30)8(27-20(35)9(29)2-3-23)4-7(24)18(19)38-21-12(25)16(33)15(32)11(6-28)37-21/h7-19,21-22,28-34H,1-6,23-25H2,(H,27,35)/t7?,8-,9+,10-,11?,12?,13-,14?,15-,16-,17+,18-,19?,21-,22+/m1/s1. The van der Waals surface area contributed by atoms with Crippen LogP contribution in [0.2, 0.25) is 0 Å². The predicted molar refractivity (Wildman–Crippen MR) is 131 cm³/mol. The van der Waals surface area contributed by atoms with Gasteiger partial charge < -0.3 is 77.2 Å². The number of nitrogens with two attached hydrogens (primary N) is 3. The summed E-state index contributed by atoms with van der Waals surface area (Å²) in [6, 6.07) is -3.34. The van der Waals surface area contributed by atoms with Crippen LogP contribution >= 0.6 is 0 Å². The number of nitrogens with one attached hydrogen (secondary N) is 1. The number of aliphatic imine (C=N–C) groups is 1. The molecule has 2 aliphatic heterocycles. The Morgan fingerprint density at radius 2 is 1.59 bits per heavy atom. The number of hydrogen-bond acceptors (Lipinski definition) is 16. The molecule has 2 saturated heterocycles. The first kappa shape index (κ1) is 32.1. The predicted octanol–water partition coefficient (Wildman–Crippen LogP) is -7.04. The third-order valence-electron chi connectivity index (χ3n) is 7.23. The van der Waals surface area contributed by atoms with E-state index in [0.717, 1.165) is 0 Å². The molecule has 0 aromatic rings. The lowest BCUT2D eigenvalue weighted by molar-refractivity contribution is -0.310. The van der Waals surface area contributed by atoms with Gasteiger partial charge >= 0.3 is 0 Å². The normalized spacial score (nSPS) is 45.6. The first-order chi connectivity index (χ1) is 18.4. The molecule has 1 aliphatic carbocycles. The lowest BCUT2D eigenvalue weighted by Crippen LogP contribution is -2.69. The molecule has 17 nitrogen and oxygen atoms in total. The second-order valence-electron chi connectivity index (χ2n) is 10.0. The first-order valence-electron chi connectivity index (χ1n) is 12.7. The van der Waals surface area contributed by atoms with Crippen LogP contribution in [0.4, 0.5) is 0 Å². The molecular formula is C22H41N5O12. The van der Waals surface area contributed by atoms with Crippen LogP contribution in [-0.4, -0.2) is 160 Å². The van der Waals surface area contributed by atoms with Gasteiger partial charge in [-0.3, -0.25) is 9.79 Å². The molecule has 17 heteroatoms.